The van der Waals surface area contributed by atoms with E-state index in [9.17, 15) is 0 Å². The normalized spacial score (nSPS) is 11.5. The molecule has 0 unspecified atom stereocenters. The summed E-state index contributed by atoms with van der Waals surface area (Å²) in [6.45, 7) is 0. The third kappa shape index (κ3) is 1.73. The summed E-state index contributed by atoms with van der Waals surface area (Å²) in [5, 5.41) is 2.92. The lowest BCUT2D eigenvalue weighted by Gasteiger charge is -2.14. The molecule has 1 aromatic heterocycles. The van der Waals surface area contributed by atoms with E-state index in [1.807, 2.05) is 0 Å². The predicted molar refractivity (Wildman–Crippen MR) is 129 cm³/mol. The first-order chi connectivity index (χ1) is 10.2. The molecule has 0 bridgehead atoms. The Morgan fingerprint density at radius 2 is 0.682 bits per heavy atom. The van der Waals surface area contributed by atoms with E-state index in [1.165, 1.54) is 65.5 Å². The minimum atomic E-state index is 1.41. The van der Waals surface area contributed by atoms with Crippen LogP contribution in [0.3, 0.4) is 0 Å². The van der Waals surface area contributed by atoms with E-state index in [1.54, 1.807) is 0 Å². The number of rotatable bonds is 0. The molecule has 0 aliphatic heterocycles. The lowest BCUT2D eigenvalue weighted by atomic mass is 9.63. The van der Waals surface area contributed by atoms with Gasteiger partial charge in [0.15, 0.2) is 0 Å². The van der Waals surface area contributed by atoms with Crippen LogP contribution in [0.15, 0.2) is 0 Å². The number of nitrogens with zero attached hydrogens (tertiary/aromatic N) is 1. The largest absolute Gasteiger partial charge is 0.394 e. The maximum atomic E-state index is 2.42. The molecule has 0 amide bonds. The minimum absolute atomic E-state index is 1.41. The van der Waals surface area contributed by atoms with Gasteiger partial charge in [-0.25, -0.2) is 0 Å². The van der Waals surface area contributed by atoms with Crippen LogP contribution >= 0.6 is 0 Å². The Hall–Kier alpha value is -1.18. The highest BCUT2D eigenvalue weighted by atomic mass is 14.9. The number of benzene rings is 2. The van der Waals surface area contributed by atoms with Gasteiger partial charge >= 0.3 is 0 Å². The molecule has 3 rings (SSSR count). The van der Waals surface area contributed by atoms with Gasteiger partial charge < -0.3 is 4.48 Å². The number of fused-ring (bicyclic) bond motifs is 3. The fraction of sp³-hybridized carbons (Fsp3) is 0. The van der Waals surface area contributed by atoms with Gasteiger partial charge in [-0.1, -0.05) is 32.8 Å². The lowest BCUT2D eigenvalue weighted by molar-refractivity contribution is 1.42. The third-order valence-corrected chi connectivity index (χ3v) is 6.23. The molecule has 3 aromatic rings. The molecule has 0 spiro atoms. The van der Waals surface area contributed by atoms with Gasteiger partial charge in [0.25, 0.3) is 0 Å². The lowest BCUT2D eigenvalue weighted by Crippen LogP contribution is -2.49. The Morgan fingerprint density at radius 1 is 0.409 bits per heavy atom. The summed E-state index contributed by atoms with van der Waals surface area (Å²) >= 11 is 0. The van der Waals surface area contributed by atoms with Crippen LogP contribution < -0.4 is 43.7 Å². The summed E-state index contributed by atoms with van der Waals surface area (Å²) in [6, 6.07) is 0. The molecule has 0 atom stereocenters. The van der Waals surface area contributed by atoms with Crippen molar-refractivity contribution in [3.05, 3.63) is 0 Å². The average Bonchev–Trinajstić information content (AvgIpc) is 2.80. The average molecular weight is 274 g/mol. The highest BCUT2D eigenvalue weighted by Crippen LogP contribution is 2.20. The highest BCUT2D eigenvalue weighted by Gasteiger charge is 2.19. The summed E-state index contributed by atoms with van der Waals surface area (Å²) in [5.74, 6) is 0. The Labute approximate surface area is 141 Å². The van der Waals surface area contributed by atoms with Crippen molar-refractivity contribution in [1.82, 2.24) is 4.48 Å². The molecule has 0 fully saturated rings. The van der Waals surface area contributed by atoms with E-state index in [2.05, 4.69) is 75.2 Å². The zero-order chi connectivity index (χ0) is 16.5. The first kappa shape index (κ1) is 15.7. The van der Waals surface area contributed by atoms with Crippen molar-refractivity contribution >= 4 is 136 Å². The van der Waals surface area contributed by atoms with Crippen molar-refractivity contribution < 1.29 is 0 Å². The zero-order valence-electron chi connectivity index (χ0n) is 15.4. The van der Waals surface area contributed by atoms with E-state index in [0.717, 1.165) is 0 Å². The second-order valence-electron chi connectivity index (χ2n) is 7.01. The first-order valence-corrected chi connectivity index (χ1v) is 8.14. The van der Waals surface area contributed by atoms with Gasteiger partial charge in [0.1, 0.15) is 62.8 Å². The second-order valence-corrected chi connectivity index (χ2v) is 7.01. The molecule has 1 heterocycles. The number of hydrogen-bond acceptors (Lipinski definition) is 0. The molecular formula is C12H18B9N. The van der Waals surface area contributed by atoms with E-state index >= 15 is 0 Å². The van der Waals surface area contributed by atoms with Crippen molar-refractivity contribution in [2.45, 2.75) is 0 Å². The summed E-state index contributed by atoms with van der Waals surface area (Å²) in [5.41, 5.74) is 14.3. The Kier molecular flexibility index (Phi) is 3.51. The minimum Gasteiger partial charge on any atom is -0.394 e. The van der Waals surface area contributed by atoms with Crippen molar-refractivity contribution in [2.24, 2.45) is 0 Å². The van der Waals surface area contributed by atoms with E-state index < -0.39 is 0 Å². The quantitative estimate of drug-likeness (QED) is 0.359. The fourth-order valence-corrected chi connectivity index (χ4v) is 4.15. The van der Waals surface area contributed by atoms with Crippen LogP contribution in [0.2, 0.25) is 0 Å². The smallest absolute Gasteiger partial charge is 0.223 e. The van der Waals surface area contributed by atoms with Crippen LogP contribution in [0.25, 0.3) is 21.8 Å². The molecule has 1 nitrogen and oxygen atoms in total. The molecule has 0 N–H and O–H groups in total. The molecule has 0 saturated carbocycles. The number of hydrogen-bond donors (Lipinski definition) is 0. The molecule has 0 aliphatic carbocycles. The van der Waals surface area contributed by atoms with Gasteiger partial charge in [0, 0.05) is 11.0 Å². The van der Waals surface area contributed by atoms with Gasteiger partial charge in [0.05, 0.1) is 0 Å². The molecular weight excluding hydrogens is 255 g/mol. The van der Waals surface area contributed by atoms with Crippen LogP contribution in [-0.2, 0) is 0 Å². The third-order valence-electron chi connectivity index (χ3n) is 6.23. The van der Waals surface area contributed by atoms with Gasteiger partial charge in [-0.2, -0.15) is 0 Å². The maximum Gasteiger partial charge on any atom is 0.223 e. The predicted octanol–water partition coefficient (Wildman–Crippen LogP) is -11.7. The molecule has 98 valence electrons. The van der Waals surface area contributed by atoms with Gasteiger partial charge in [-0.3, -0.25) is 0 Å². The van der Waals surface area contributed by atoms with Crippen LogP contribution in [0.4, 0.5) is 0 Å². The second kappa shape index (κ2) is 4.91. The van der Waals surface area contributed by atoms with Crippen LogP contribution in [0, 0.1) is 0 Å². The standard InChI is InChI=1S/C12H18B9N/c13-3-1-2-4(14)6(16)8(18)10(20)12(2)22(21)11(1)9(19)7(17)5(3)15/h13-21H2. The molecule has 10 heteroatoms. The van der Waals surface area contributed by atoms with Gasteiger partial charge in [0.2, 0.25) is 7.98 Å². The molecule has 0 saturated heterocycles. The summed E-state index contributed by atoms with van der Waals surface area (Å²) in [7, 11) is 20.4. The molecule has 0 aliphatic rings. The Morgan fingerprint density at radius 3 is 1.00 bits per heavy atom. The maximum absolute atomic E-state index is 2.42. The molecule has 2 aromatic carbocycles. The Bertz CT molecular complexity index is 896. The first-order valence-electron chi connectivity index (χ1n) is 8.14. The number of aromatic nitrogens is 1. The van der Waals surface area contributed by atoms with Gasteiger partial charge in [-0.15, -0.1) is 10.9 Å². The SMILES string of the molecule is Bc1c(B)c(B)c2c(c1B)c1c(B)c(B)c(B)c(B)c1n2B. The van der Waals surface area contributed by atoms with E-state index in [0.29, 0.717) is 0 Å². The van der Waals surface area contributed by atoms with Gasteiger partial charge in [-0.05, 0) is 10.8 Å². The summed E-state index contributed by atoms with van der Waals surface area (Å²) in [4.78, 5) is 0. The van der Waals surface area contributed by atoms with Crippen molar-refractivity contribution in [1.29, 1.82) is 0 Å². The van der Waals surface area contributed by atoms with Crippen LogP contribution in [-0.4, -0.2) is 75.2 Å². The van der Waals surface area contributed by atoms with Crippen LogP contribution in [0.5, 0.6) is 0 Å². The summed E-state index contributed by atoms with van der Waals surface area (Å²) in [6.07, 6.45) is 0. The monoisotopic (exact) mass is 275 g/mol. The van der Waals surface area contributed by atoms with Crippen LogP contribution in [0.1, 0.15) is 0 Å². The van der Waals surface area contributed by atoms with Crippen molar-refractivity contribution in [3.8, 4) is 0 Å². The highest BCUT2D eigenvalue weighted by molar-refractivity contribution is 6.71. The molecule has 0 radical (unpaired) electrons. The topological polar surface area (TPSA) is 4.93 Å². The summed E-state index contributed by atoms with van der Waals surface area (Å²) < 4.78 is 2.42. The van der Waals surface area contributed by atoms with Crippen molar-refractivity contribution in [2.75, 3.05) is 0 Å². The van der Waals surface area contributed by atoms with Crippen molar-refractivity contribution in [3.63, 3.8) is 0 Å². The molecule has 22 heavy (non-hydrogen) atoms. The van der Waals surface area contributed by atoms with E-state index in [-0.39, 0.29) is 0 Å². The Balaban J connectivity index is 2.81. The van der Waals surface area contributed by atoms with E-state index in [4.69, 9.17) is 0 Å². The zero-order valence-corrected chi connectivity index (χ0v) is 15.4. The fourth-order valence-electron chi connectivity index (χ4n) is 4.15.